The van der Waals surface area contributed by atoms with Crippen LogP contribution < -0.4 is 5.32 Å². The fourth-order valence-electron chi connectivity index (χ4n) is 3.00. The van der Waals surface area contributed by atoms with Crippen LogP contribution in [0.4, 0.5) is 13.2 Å². The van der Waals surface area contributed by atoms with E-state index in [0.717, 1.165) is 25.7 Å². The molecule has 1 fully saturated rings. The summed E-state index contributed by atoms with van der Waals surface area (Å²) in [6.45, 7) is 4.74. The summed E-state index contributed by atoms with van der Waals surface area (Å²) in [5.41, 5.74) is 0. The molecule has 1 aliphatic heterocycles. The van der Waals surface area contributed by atoms with E-state index in [0.29, 0.717) is 58.7 Å². The van der Waals surface area contributed by atoms with Crippen LogP contribution in [-0.2, 0) is 24.1 Å². The second-order valence-electron chi connectivity index (χ2n) is 7.02. The SMILES string of the molecule is CCCOOCCCOCC1CCCN1C(=O)CCCCCNC(=O)C(F)(F)F. The number of hydrogen-bond acceptors (Lipinski definition) is 5. The monoisotopic (exact) mass is 426 g/mol. The fourth-order valence-corrected chi connectivity index (χ4v) is 3.00. The molecule has 1 N–H and O–H groups in total. The number of nitrogens with zero attached hydrogens (tertiary/aromatic N) is 1. The summed E-state index contributed by atoms with van der Waals surface area (Å²) in [6, 6.07) is 0.0748. The summed E-state index contributed by atoms with van der Waals surface area (Å²) in [5.74, 6) is -1.87. The van der Waals surface area contributed by atoms with Crippen LogP contribution in [0, 0.1) is 0 Å². The van der Waals surface area contributed by atoms with Gasteiger partial charge < -0.3 is 15.0 Å². The molecule has 0 aromatic heterocycles. The maximum absolute atomic E-state index is 12.4. The molecule has 29 heavy (non-hydrogen) atoms. The minimum absolute atomic E-state index is 0.0418. The third kappa shape index (κ3) is 11.4. The number of halogens is 3. The van der Waals surface area contributed by atoms with Crippen molar-refractivity contribution < 1.29 is 37.3 Å². The van der Waals surface area contributed by atoms with Crippen molar-refractivity contribution in [3.63, 3.8) is 0 Å². The highest BCUT2D eigenvalue weighted by molar-refractivity contribution is 5.81. The molecule has 7 nitrogen and oxygen atoms in total. The largest absolute Gasteiger partial charge is 0.471 e. The molecule has 170 valence electrons. The molecule has 0 aromatic rings. The zero-order valence-corrected chi connectivity index (χ0v) is 17.1. The van der Waals surface area contributed by atoms with Gasteiger partial charge in [-0.25, -0.2) is 9.78 Å². The lowest BCUT2D eigenvalue weighted by Crippen LogP contribution is -2.38. The lowest BCUT2D eigenvalue weighted by Gasteiger charge is -2.24. The maximum Gasteiger partial charge on any atom is 0.471 e. The van der Waals surface area contributed by atoms with E-state index < -0.39 is 12.1 Å². The van der Waals surface area contributed by atoms with Crippen LogP contribution in [-0.4, -0.2) is 68.4 Å². The van der Waals surface area contributed by atoms with Crippen LogP contribution in [0.5, 0.6) is 0 Å². The van der Waals surface area contributed by atoms with E-state index in [4.69, 9.17) is 14.5 Å². The summed E-state index contributed by atoms with van der Waals surface area (Å²) < 4.78 is 41.8. The van der Waals surface area contributed by atoms with Crippen molar-refractivity contribution in [1.29, 1.82) is 0 Å². The lowest BCUT2D eigenvalue weighted by molar-refractivity contribution is -0.295. The number of nitrogens with one attached hydrogen (secondary N) is 1. The van der Waals surface area contributed by atoms with Crippen LogP contribution in [0.2, 0.25) is 0 Å². The Bertz CT molecular complexity index is 477. The maximum atomic E-state index is 12.4. The van der Waals surface area contributed by atoms with Gasteiger partial charge in [0.15, 0.2) is 0 Å². The molecule has 1 rings (SSSR count). The van der Waals surface area contributed by atoms with Gasteiger partial charge in [-0.2, -0.15) is 13.2 Å². The minimum atomic E-state index is -4.85. The van der Waals surface area contributed by atoms with Gasteiger partial charge in [-0.1, -0.05) is 13.3 Å². The highest BCUT2D eigenvalue weighted by Gasteiger charge is 2.38. The molecule has 1 saturated heterocycles. The summed E-state index contributed by atoms with van der Waals surface area (Å²) in [5, 5.41) is 1.83. The molecule has 1 atom stereocenters. The zero-order chi connectivity index (χ0) is 21.5. The molecule has 0 saturated carbocycles. The van der Waals surface area contributed by atoms with Gasteiger partial charge in [0, 0.05) is 26.1 Å². The molecular formula is C19H33F3N2O5. The number of unbranched alkanes of at least 4 members (excludes halogenated alkanes) is 2. The smallest absolute Gasteiger partial charge is 0.379 e. The first-order chi connectivity index (χ1) is 13.9. The van der Waals surface area contributed by atoms with Crippen molar-refractivity contribution in [2.45, 2.75) is 70.5 Å². The van der Waals surface area contributed by atoms with Crippen molar-refractivity contribution >= 4 is 11.8 Å². The number of ether oxygens (including phenoxy) is 1. The van der Waals surface area contributed by atoms with Crippen molar-refractivity contribution in [2.75, 3.05) is 39.5 Å². The number of rotatable bonds is 15. The van der Waals surface area contributed by atoms with Gasteiger partial charge in [0.2, 0.25) is 5.91 Å². The number of carbonyl (C=O) groups excluding carboxylic acids is 2. The average Bonchev–Trinajstić information content (AvgIpc) is 3.14. The zero-order valence-electron chi connectivity index (χ0n) is 17.1. The lowest BCUT2D eigenvalue weighted by atomic mass is 10.1. The Morgan fingerprint density at radius 1 is 1.07 bits per heavy atom. The molecule has 1 aliphatic rings. The average molecular weight is 426 g/mol. The topological polar surface area (TPSA) is 77.1 Å². The standard InChI is InChI=1S/C19H33F3N2O5/c1-2-12-28-29-14-7-13-27-15-16-8-6-11-24(16)17(25)9-4-3-5-10-23-18(26)19(20,21)22/h16H,2-15H2,1H3,(H,23,26). The second kappa shape index (κ2) is 14.6. The van der Waals surface area contributed by atoms with Crippen molar-refractivity contribution in [2.24, 2.45) is 0 Å². The quantitative estimate of drug-likeness (QED) is 0.248. The van der Waals surface area contributed by atoms with Crippen molar-refractivity contribution in [1.82, 2.24) is 10.2 Å². The number of likely N-dealkylation sites (tertiary alicyclic amines) is 1. The van der Waals surface area contributed by atoms with E-state index in [1.165, 1.54) is 0 Å². The Labute approximate surface area is 170 Å². The van der Waals surface area contributed by atoms with E-state index in [9.17, 15) is 22.8 Å². The Kier molecular flexibility index (Phi) is 12.9. The van der Waals surface area contributed by atoms with Gasteiger partial charge in [-0.3, -0.25) is 9.59 Å². The van der Waals surface area contributed by atoms with E-state index in [1.807, 2.05) is 17.1 Å². The Morgan fingerprint density at radius 3 is 2.55 bits per heavy atom. The third-order valence-electron chi connectivity index (χ3n) is 4.51. The van der Waals surface area contributed by atoms with Crippen LogP contribution in [0.3, 0.4) is 0 Å². The molecule has 1 heterocycles. The van der Waals surface area contributed by atoms with E-state index >= 15 is 0 Å². The molecular weight excluding hydrogens is 393 g/mol. The van der Waals surface area contributed by atoms with Crippen molar-refractivity contribution in [3.05, 3.63) is 0 Å². The highest BCUT2D eigenvalue weighted by Crippen LogP contribution is 2.19. The molecule has 0 bridgehead atoms. The third-order valence-corrected chi connectivity index (χ3v) is 4.51. The molecule has 0 aromatic carbocycles. The van der Waals surface area contributed by atoms with E-state index in [1.54, 1.807) is 0 Å². The highest BCUT2D eigenvalue weighted by atomic mass is 19.4. The first-order valence-corrected chi connectivity index (χ1v) is 10.3. The molecule has 10 heteroatoms. The van der Waals surface area contributed by atoms with Gasteiger partial charge in [-0.15, -0.1) is 0 Å². The van der Waals surface area contributed by atoms with Crippen LogP contribution >= 0.6 is 0 Å². The van der Waals surface area contributed by atoms with E-state index in [2.05, 4.69) is 0 Å². The predicted molar refractivity (Wildman–Crippen MR) is 99.9 cm³/mol. The van der Waals surface area contributed by atoms with Gasteiger partial charge in [0.05, 0.1) is 25.9 Å². The Hall–Kier alpha value is -1.39. The Balaban J connectivity index is 2.08. The summed E-state index contributed by atoms with van der Waals surface area (Å²) >= 11 is 0. The fraction of sp³-hybridized carbons (Fsp3) is 0.895. The van der Waals surface area contributed by atoms with Crippen LogP contribution in [0.15, 0.2) is 0 Å². The first-order valence-electron chi connectivity index (χ1n) is 10.3. The molecule has 0 aliphatic carbocycles. The minimum Gasteiger partial charge on any atom is -0.379 e. The van der Waals surface area contributed by atoms with E-state index in [-0.39, 0.29) is 18.5 Å². The summed E-state index contributed by atoms with van der Waals surface area (Å²) in [6.07, 6.45) is 0.546. The van der Waals surface area contributed by atoms with Crippen LogP contribution in [0.1, 0.15) is 58.3 Å². The Morgan fingerprint density at radius 2 is 1.83 bits per heavy atom. The van der Waals surface area contributed by atoms with Crippen molar-refractivity contribution in [3.8, 4) is 0 Å². The number of amides is 2. The van der Waals surface area contributed by atoms with Gasteiger partial charge in [-0.05, 0) is 38.5 Å². The predicted octanol–water partition coefficient (Wildman–Crippen LogP) is 2.98. The number of hydrogen-bond donors (Lipinski definition) is 1. The molecule has 1 unspecified atom stereocenters. The normalized spacial score (nSPS) is 17.0. The van der Waals surface area contributed by atoms with Gasteiger partial charge in [0.25, 0.3) is 0 Å². The summed E-state index contributed by atoms with van der Waals surface area (Å²) in [4.78, 5) is 34.8. The molecule has 2 amide bonds. The van der Waals surface area contributed by atoms with Gasteiger partial charge in [0.1, 0.15) is 0 Å². The number of alkyl halides is 3. The molecule has 0 radical (unpaired) electrons. The first kappa shape index (κ1) is 25.6. The molecule has 0 spiro atoms. The second-order valence-corrected chi connectivity index (χ2v) is 7.02. The summed E-state index contributed by atoms with van der Waals surface area (Å²) in [7, 11) is 0. The number of carbonyl (C=O) groups is 2. The van der Waals surface area contributed by atoms with Crippen LogP contribution in [0.25, 0.3) is 0 Å². The van der Waals surface area contributed by atoms with Gasteiger partial charge >= 0.3 is 12.1 Å².